The summed E-state index contributed by atoms with van der Waals surface area (Å²) in [6.07, 6.45) is 5.87. The lowest BCUT2D eigenvalue weighted by Gasteiger charge is -2.20. The van der Waals surface area contributed by atoms with E-state index in [0.717, 1.165) is 62.0 Å². The van der Waals surface area contributed by atoms with Gasteiger partial charge in [0.05, 0.1) is 15.9 Å². The van der Waals surface area contributed by atoms with Gasteiger partial charge in [-0.1, -0.05) is 12.8 Å². The van der Waals surface area contributed by atoms with Gasteiger partial charge in [-0.2, -0.15) is 4.31 Å². The Balaban J connectivity index is 1.29. The summed E-state index contributed by atoms with van der Waals surface area (Å²) in [7, 11) is -3.54. The number of fused-ring (bicyclic) bond motifs is 1. The number of amides is 1. The minimum absolute atomic E-state index is 0.000418. The molecule has 2 saturated heterocycles. The van der Waals surface area contributed by atoms with Crippen LogP contribution in [0.4, 0.5) is 5.69 Å². The molecule has 0 aliphatic carbocycles. The number of anilines is 1. The zero-order chi connectivity index (χ0) is 22.8. The third kappa shape index (κ3) is 4.66. The fourth-order valence-electron chi connectivity index (χ4n) is 4.47. The van der Waals surface area contributed by atoms with Gasteiger partial charge in [-0.25, -0.2) is 13.4 Å². The molecule has 1 atom stereocenters. The lowest BCUT2D eigenvalue weighted by Crippen LogP contribution is -2.31. The maximum absolute atomic E-state index is 12.9. The Hall–Kier alpha value is -2.75. The molecule has 2 fully saturated rings. The zero-order valence-corrected chi connectivity index (χ0v) is 19.2. The van der Waals surface area contributed by atoms with Gasteiger partial charge in [0.1, 0.15) is 11.9 Å². The molecule has 5 rings (SSSR count). The van der Waals surface area contributed by atoms with Crippen molar-refractivity contribution in [3.8, 4) is 0 Å². The van der Waals surface area contributed by atoms with Crippen molar-refractivity contribution < 1.29 is 17.9 Å². The highest BCUT2D eigenvalue weighted by atomic mass is 32.2. The number of nitrogens with one attached hydrogen (secondary N) is 2. The molecule has 0 spiro atoms. The molecular formula is C24H28N4O4S. The monoisotopic (exact) mass is 468 g/mol. The highest BCUT2D eigenvalue weighted by Gasteiger charge is 2.25. The van der Waals surface area contributed by atoms with Gasteiger partial charge < -0.3 is 15.0 Å². The summed E-state index contributed by atoms with van der Waals surface area (Å²) in [4.78, 5) is 20.9. The fraction of sp³-hybridized carbons (Fsp3) is 0.417. The summed E-state index contributed by atoms with van der Waals surface area (Å²) in [6.45, 7) is 1.85. The number of sulfonamides is 1. The van der Waals surface area contributed by atoms with E-state index in [-0.39, 0.29) is 16.9 Å². The smallest absolute Gasteiger partial charge is 0.255 e. The van der Waals surface area contributed by atoms with Gasteiger partial charge in [0, 0.05) is 30.9 Å². The number of benzene rings is 2. The lowest BCUT2D eigenvalue weighted by molar-refractivity contribution is 0.102. The van der Waals surface area contributed by atoms with E-state index in [9.17, 15) is 13.2 Å². The molecule has 2 N–H and O–H groups in total. The molecule has 8 nitrogen and oxygen atoms in total. The molecule has 2 aromatic carbocycles. The summed E-state index contributed by atoms with van der Waals surface area (Å²) >= 11 is 0. The minimum atomic E-state index is -3.54. The van der Waals surface area contributed by atoms with E-state index < -0.39 is 10.0 Å². The maximum atomic E-state index is 12.9. The second-order valence-electron chi connectivity index (χ2n) is 8.65. The van der Waals surface area contributed by atoms with Crippen molar-refractivity contribution in [1.29, 1.82) is 0 Å². The first-order valence-electron chi connectivity index (χ1n) is 11.5. The number of rotatable bonds is 5. The Bertz CT molecular complexity index is 1240. The van der Waals surface area contributed by atoms with Crippen molar-refractivity contribution >= 4 is 32.7 Å². The largest absolute Gasteiger partial charge is 0.370 e. The summed E-state index contributed by atoms with van der Waals surface area (Å²) in [5.41, 5.74) is 2.68. The van der Waals surface area contributed by atoms with Crippen LogP contribution in [-0.2, 0) is 14.8 Å². The minimum Gasteiger partial charge on any atom is -0.370 e. The molecule has 3 heterocycles. The first-order chi connectivity index (χ1) is 16.0. The van der Waals surface area contributed by atoms with E-state index in [1.807, 2.05) is 12.1 Å². The third-order valence-corrected chi connectivity index (χ3v) is 8.22. The third-order valence-electron chi connectivity index (χ3n) is 6.31. The van der Waals surface area contributed by atoms with Gasteiger partial charge in [-0.15, -0.1) is 0 Å². The van der Waals surface area contributed by atoms with Crippen LogP contribution in [-0.4, -0.2) is 48.3 Å². The van der Waals surface area contributed by atoms with E-state index in [4.69, 9.17) is 4.74 Å². The predicted octanol–water partition coefficient (Wildman–Crippen LogP) is 4.23. The standard InChI is InChI=1S/C24H28N4O4S/c29-24(17-7-10-19(11-8-17)33(30,31)28-13-3-1-2-4-14-28)25-18-9-12-20-21(16-18)27-23(26-20)22-6-5-15-32-22/h7-12,16,22H,1-6,13-15H2,(H,25,29)(H,26,27). The van der Waals surface area contributed by atoms with Crippen LogP contribution in [0.15, 0.2) is 47.4 Å². The molecule has 1 aromatic heterocycles. The van der Waals surface area contributed by atoms with Crippen LogP contribution in [0.5, 0.6) is 0 Å². The van der Waals surface area contributed by atoms with E-state index in [0.29, 0.717) is 24.3 Å². The van der Waals surface area contributed by atoms with Crippen molar-refractivity contribution in [1.82, 2.24) is 14.3 Å². The second-order valence-corrected chi connectivity index (χ2v) is 10.6. The van der Waals surface area contributed by atoms with Crippen LogP contribution in [0, 0.1) is 0 Å². The molecule has 0 bridgehead atoms. The van der Waals surface area contributed by atoms with Crippen LogP contribution in [0.2, 0.25) is 0 Å². The topological polar surface area (TPSA) is 104 Å². The Labute approximate surface area is 193 Å². The quantitative estimate of drug-likeness (QED) is 0.583. The van der Waals surface area contributed by atoms with Crippen molar-refractivity contribution in [2.75, 3.05) is 25.0 Å². The Kier molecular flexibility index (Phi) is 6.18. The molecule has 0 saturated carbocycles. The van der Waals surface area contributed by atoms with E-state index >= 15 is 0 Å². The first kappa shape index (κ1) is 22.1. The number of carbonyl (C=O) groups is 1. The molecule has 2 aliphatic rings. The summed E-state index contributed by atoms with van der Waals surface area (Å²) < 4.78 is 33.1. The highest BCUT2D eigenvalue weighted by molar-refractivity contribution is 7.89. The number of nitrogens with zero attached hydrogens (tertiary/aromatic N) is 2. The van der Waals surface area contributed by atoms with Crippen molar-refractivity contribution in [2.45, 2.75) is 49.5 Å². The summed E-state index contributed by atoms with van der Waals surface area (Å²) in [6, 6.07) is 11.7. The van der Waals surface area contributed by atoms with Gasteiger partial charge in [-0.05, 0) is 68.1 Å². The number of imidazole rings is 1. The highest BCUT2D eigenvalue weighted by Crippen LogP contribution is 2.29. The number of carbonyl (C=O) groups excluding carboxylic acids is 1. The number of aromatic amines is 1. The van der Waals surface area contributed by atoms with E-state index in [1.165, 1.54) is 12.1 Å². The van der Waals surface area contributed by atoms with Crippen LogP contribution < -0.4 is 5.32 Å². The van der Waals surface area contributed by atoms with Crippen molar-refractivity contribution in [3.63, 3.8) is 0 Å². The van der Waals surface area contributed by atoms with Gasteiger partial charge >= 0.3 is 0 Å². The molecule has 2 aliphatic heterocycles. The maximum Gasteiger partial charge on any atom is 0.255 e. The molecule has 1 amide bonds. The summed E-state index contributed by atoms with van der Waals surface area (Å²) in [5, 5.41) is 2.88. The molecular weight excluding hydrogens is 440 g/mol. The van der Waals surface area contributed by atoms with Gasteiger partial charge in [0.2, 0.25) is 10.0 Å². The Morgan fingerprint density at radius 2 is 1.79 bits per heavy atom. The van der Waals surface area contributed by atoms with Crippen LogP contribution >= 0.6 is 0 Å². The number of hydrogen-bond acceptors (Lipinski definition) is 5. The van der Waals surface area contributed by atoms with Gasteiger partial charge in [0.25, 0.3) is 5.91 Å². The number of aromatic nitrogens is 2. The molecule has 33 heavy (non-hydrogen) atoms. The summed E-state index contributed by atoms with van der Waals surface area (Å²) in [5.74, 6) is 0.513. The average Bonchev–Trinajstić information content (AvgIpc) is 3.42. The van der Waals surface area contributed by atoms with Crippen molar-refractivity contribution in [2.24, 2.45) is 0 Å². The van der Waals surface area contributed by atoms with Crippen molar-refractivity contribution in [3.05, 3.63) is 53.9 Å². The Morgan fingerprint density at radius 1 is 1.03 bits per heavy atom. The predicted molar refractivity (Wildman–Crippen MR) is 126 cm³/mol. The molecule has 9 heteroatoms. The number of ether oxygens (including phenoxy) is 1. The van der Waals surface area contributed by atoms with E-state index in [2.05, 4.69) is 15.3 Å². The van der Waals surface area contributed by atoms with Gasteiger partial charge in [0.15, 0.2) is 0 Å². The zero-order valence-electron chi connectivity index (χ0n) is 18.4. The molecule has 0 radical (unpaired) electrons. The molecule has 174 valence electrons. The normalized spacial score (nSPS) is 20.1. The van der Waals surface area contributed by atoms with Crippen LogP contribution in [0.3, 0.4) is 0 Å². The van der Waals surface area contributed by atoms with E-state index in [1.54, 1.807) is 22.5 Å². The van der Waals surface area contributed by atoms with Crippen LogP contribution in [0.25, 0.3) is 11.0 Å². The van der Waals surface area contributed by atoms with Gasteiger partial charge in [-0.3, -0.25) is 4.79 Å². The fourth-order valence-corrected chi connectivity index (χ4v) is 5.98. The average molecular weight is 469 g/mol. The van der Waals surface area contributed by atoms with Crippen LogP contribution in [0.1, 0.15) is 60.8 Å². The number of H-pyrrole nitrogens is 1. The second kappa shape index (κ2) is 9.24. The molecule has 3 aromatic rings. The first-order valence-corrected chi connectivity index (χ1v) is 13.0. The number of hydrogen-bond donors (Lipinski definition) is 2. The lowest BCUT2D eigenvalue weighted by atomic mass is 10.2. The SMILES string of the molecule is O=C(Nc1ccc2nc(C3CCCO3)[nH]c2c1)c1ccc(S(=O)(=O)N2CCCCCC2)cc1. The Morgan fingerprint density at radius 3 is 2.48 bits per heavy atom. The molecule has 1 unspecified atom stereocenters.